The number of cyclic esters (lactones) is 2. The van der Waals surface area contributed by atoms with Gasteiger partial charge in [0.25, 0.3) is 0 Å². The van der Waals surface area contributed by atoms with Crippen LogP contribution in [0.15, 0.2) is 18.2 Å². The summed E-state index contributed by atoms with van der Waals surface area (Å²) in [4.78, 5) is 32.5. The summed E-state index contributed by atoms with van der Waals surface area (Å²) in [6.07, 6.45) is 0. The largest absolute Gasteiger partial charge is 0.482 e. The molecule has 6 heteroatoms. The second kappa shape index (κ2) is 3.65. The molecule has 0 bridgehead atoms. The molecular weight excluding hydrogens is 216 g/mol. The molecule has 1 aliphatic rings. The van der Waals surface area contributed by atoms with Crippen molar-refractivity contribution in [2.45, 2.75) is 0 Å². The van der Waals surface area contributed by atoms with E-state index in [-0.39, 0.29) is 16.9 Å². The molecule has 0 radical (unpaired) electrons. The molecule has 1 aliphatic heterocycles. The Morgan fingerprint density at radius 3 is 2.62 bits per heavy atom. The number of esters is 2. The van der Waals surface area contributed by atoms with Crippen LogP contribution in [-0.4, -0.2) is 29.6 Å². The van der Waals surface area contributed by atoms with Crippen LogP contribution in [0.5, 0.6) is 5.75 Å². The number of aliphatic carboxylic acids is 1. The molecule has 0 saturated carbocycles. The van der Waals surface area contributed by atoms with E-state index in [1.165, 1.54) is 18.2 Å². The molecule has 0 atom stereocenters. The van der Waals surface area contributed by atoms with Crippen molar-refractivity contribution in [3.05, 3.63) is 29.3 Å². The maximum absolute atomic E-state index is 11.2. The zero-order valence-electron chi connectivity index (χ0n) is 7.93. The zero-order valence-corrected chi connectivity index (χ0v) is 7.93. The maximum Gasteiger partial charge on any atom is 0.347 e. The quantitative estimate of drug-likeness (QED) is 0.590. The van der Waals surface area contributed by atoms with Gasteiger partial charge in [0.15, 0.2) is 6.61 Å². The van der Waals surface area contributed by atoms with Gasteiger partial charge in [0, 0.05) is 0 Å². The van der Waals surface area contributed by atoms with E-state index in [9.17, 15) is 14.4 Å². The Morgan fingerprint density at radius 1 is 1.25 bits per heavy atom. The summed E-state index contributed by atoms with van der Waals surface area (Å²) >= 11 is 0. The number of fused-ring (bicyclic) bond motifs is 1. The Bertz CT molecular complexity index is 490. The van der Waals surface area contributed by atoms with Crippen LogP contribution in [0.2, 0.25) is 0 Å². The number of carboxylic acids is 1. The van der Waals surface area contributed by atoms with Crippen LogP contribution in [0, 0.1) is 0 Å². The summed E-state index contributed by atoms with van der Waals surface area (Å²) < 4.78 is 9.22. The van der Waals surface area contributed by atoms with Gasteiger partial charge < -0.3 is 14.6 Å². The summed E-state index contributed by atoms with van der Waals surface area (Å²) in [5.41, 5.74) is 0.251. The van der Waals surface area contributed by atoms with Gasteiger partial charge in [-0.25, -0.2) is 14.4 Å². The van der Waals surface area contributed by atoms with Crippen molar-refractivity contribution in [1.82, 2.24) is 0 Å². The summed E-state index contributed by atoms with van der Waals surface area (Å²) in [6.45, 7) is -0.512. The maximum atomic E-state index is 11.2. The average molecular weight is 222 g/mol. The molecule has 16 heavy (non-hydrogen) atoms. The van der Waals surface area contributed by atoms with Crippen LogP contribution in [-0.2, 0) is 9.53 Å². The van der Waals surface area contributed by atoms with Crippen molar-refractivity contribution in [1.29, 1.82) is 0 Å². The third kappa shape index (κ3) is 1.72. The lowest BCUT2D eigenvalue weighted by atomic mass is 10.1. The highest BCUT2D eigenvalue weighted by molar-refractivity contribution is 6.14. The molecular formula is C10H6O6. The Hall–Kier alpha value is -2.37. The topological polar surface area (TPSA) is 89.9 Å². The minimum atomic E-state index is -1.13. The van der Waals surface area contributed by atoms with Gasteiger partial charge in [-0.3, -0.25) is 0 Å². The van der Waals surface area contributed by atoms with Gasteiger partial charge in [0.05, 0.1) is 11.1 Å². The third-order valence-corrected chi connectivity index (χ3v) is 1.98. The van der Waals surface area contributed by atoms with Crippen LogP contribution in [0.4, 0.5) is 0 Å². The van der Waals surface area contributed by atoms with Gasteiger partial charge in [-0.1, -0.05) is 0 Å². The van der Waals surface area contributed by atoms with E-state index in [2.05, 4.69) is 4.74 Å². The number of carbonyl (C=O) groups excluding carboxylic acids is 2. The number of hydrogen-bond acceptors (Lipinski definition) is 5. The van der Waals surface area contributed by atoms with Gasteiger partial charge in [0.2, 0.25) is 0 Å². The molecule has 0 aromatic heterocycles. The van der Waals surface area contributed by atoms with Crippen molar-refractivity contribution in [3.63, 3.8) is 0 Å². The summed E-state index contributed by atoms with van der Waals surface area (Å²) in [5.74, 6) is -2.38. The number of rotatable bonds is 3. The molecule has 1 N–H and O–H groups in total. The van der Waals surface area contributed by atoms with E-state index in [4.69, 9.17) is 9.84 Å². The molecule has 0 spiro atoms. The molecule has 0 unspecified atom stereocenters. The molecule has 0 amide bonds. The SMILES string of the molecule is O=C(O)COc1ccc2c(c1)C(=O)OC2=O. The highest BCUT2D eigenvalue weighted by atomic mass is 16.6. The van der Waals surface area contributed by atoms with Gasteiger partial charge in [-0.05, 0) is 18.2 Å². The average Bonchev–Trinajstić information content (AvgIpc) is 2.52. The molecule has 6 nitrogen and oxygen atoms in total. The first-order chi connectivity index (χ1) is 7.58. The molecule has 1 aromatic carbocycles. The number of hydrogen-bond donors (Lipinski definition) is 1. The fourth-order valence-corrected chi connectivity index (χ4v) is 1.30. The van der Waals surface area contributed by atoms with Crippen LogP contribution < -0.4 is 4.74 Å². The van der Waals surface area contributed by atoms with Crippen molar-refractivity contribution >= 4 is 17.9 Å². The Labute approximate surface area is 89.4 Å². The minimum absolute atomic E-state index is 0.0906. The standard InChI is InChI=1S/C10H6O6/c11-8(12)4-15-5-1-2-6-7(3-5)10(14)16-9(6)13/h1-3H,4H2,(H,11,12). The molecule has 0 fully saturated rings. The lowest BCUT2D eigenvalue weighted by Crippen LogP contribution is -2.09. The summed E-state index contributed by atoms with van der Waals surface area (Å²) in [6, 6.07) is 4.05. The molecule has 0 aliphatic carbocycles. The second-order valence-electron chi connectivity index (χ2n) is 3.07. The van der Waals surface area contributed by atoms with Crippen molar-refractivity contribution in [2.24, 2.45) is 0 Å². The van der Waals surface area contributed by atoms with Crippen LogP contribution in [0.25, 0.3) is 0 Å². The lowest BCUT2D eigenvalue weighted by molar-refractivity contribution is -0.139. The highest BCUT2D eigenvalue weighted by Gasteiger charge is 2.29. The molecule has 1 heterocycles. The first-order valence-electron chi connectivity index (χ1n) is 4.33. The number of ether oxygens (including phenoxy) is 2. The van der Waals surface area contributed by atoms with Gasteiger partial charge in [-0.15, -0.1) is 0 Å². The Morgan fingerprint density at radius 2 is 1.94 bits per heavy atom. The molecule has 82 valence electrons. The van der Waals surface area contributed by atoms with E-state index < -0.39 is 24.5 Å². The van der Waals surface area contributed by atoms with E-state index in [1.54, 1.807) is 0 Å². The first kappa shape index (κ1) is 10.2. The third-order valence-electron chi connectivity index (χ3n) is 1.98. The summed E-state index contributed by atoms with van der Waals surface area (Å²) in [5, 5.41) is 8.39. The van der Waals surface area contributed by atoms with Crippen molar-refractivity contribution in [2.75, 3.05) is 6.61 Å². The predicted molar refractivity (Wildman–Crippen MR) is 49.3 cm³/mol. The number of carbonyl (C=O) groups is 3. The number of carboxylic acid groups (broad SMARTS) is 1. The molecule has 1 aromatic rings. The van der Waals surface area contributed by atoms with Gasteiger partial charge in [-0.2, -0.15) is 0 Å². The number of benzene rings is 1. The Kier molecular flexibility index (Phi) is 2.32. The van der Waals surface area contributed by atoms with E-state index in [0.717, 1.165) is 0 Å². The monoisotopic (exact) mass is 222 g/mol. The zero-order chi connectivity index (χ0) is 11.7. The van der Waals surface area contributed by atoms with Gasteiger partial charge in [0.1, 0.15) is 5.75 Å². The minimum Gasteiger partial charge on any atom is -0.482 e. The smallest absolute Gasteiger partial charge is 0.347 e. The predicted octanol–water partition coefficient (Wildman–Crippen LogP) is 0.461. The van der Waals surface area contributed by atoms with Gasteiger partial charge >= 0.3 is 17.9 Å². The second-order valence-corrected chi connectivity index (χ2v) is 3.07. The summed E-state index contributed by atoms with van der Waals surface area (Å²) in [7, 11) is 0. The van der Waals surface area contributed by atoms with Crippen LogP contribution >= 0.6 is 0 Å². The van der Waals surface area contributed by atoms with E-state index in [0.29, 0.717) is 0 Å². The molecule has 0 saturated heterocycles. The fraction of sp³-hybridized carbons (Fsp3) is 0.100. The van der Waals surface area contributed by atoms with Crippen LogP contribution in [0.3, 0.4) is 0 Å². The van der Waals surface area contributed by atoms with E-state index >= 15 is 0 Å². The molecule has 2 rings (SSSR count). The fourth-order valence-electron chi connectivity index (χ4n) is 1.30. The normalized spacial score (nSPS) is 13.2. The van der Waals surface area contributed by atoms with Crippen molar-refractivity contribution < 1.29 is 29.0 Å². The van der Waals surface area contributed by atoms with E-state index in [1.807, 2.05) is 0 Å². The van der Waals surface area contributed by atoms with Crippen molar-refractivity contribution in [3.8, 4) is 5.75 Å². The highest BCUT2D eigenvalue weighted by Crippen LogP contribution is 2.24. The van der Waals surface area contributed by atoms with Crippen LogP contribution in [0.1, 0.15) is 20.7 Å². The Balaban J connectivity index is 2.26. The first-order valence-corrected chi connectivity index (χ1v) is 4.33. The lowest BCUT2D eigenvalue weighted by Gasteiger charge is -2.02.